The van der Waals surface area contributed by atoms with Crippen LogP contribution in [0.5, 0.6) is 0 Å². The molecule has 31 heavy (non-hydrogen) atoms. The molecule has 0 unspecified atom stereocenters. The fourth-order valence-electron chi connectivity index (χ4n) is 3.22. The third-order valence-corrected chi connectivity index (χ3v) is 6.51. The van der Waals surface area contributed by atoms with Crippen LogP contribution in [0.2, 0.25) is 5.02 Å². The Morgan fingerprint density at radius 3 is 2.29 bits per heavy atom. The fourth-order valence-corrected chi connectivity index (χ4v) is 4.84. The summed E-state index contributed by atoms with van der Waals surface area (Å²) in [4.78, 5) is 27.6. The number of thiophene rings is 1. The van der Waals surface area contributed by atoms with Gasteiger partial charge in [0.2, 0.25) is 0 Å². The minimum Gasteiger partial charge on any atom is -0.339 e. The zero-order chi connectivity index (χ0) is 22.4. The Morgan fingerprint density at radius 1 is 1.03 bits per heavy atom. The van der Waals surface area contributed by atoms with Gasteiger partial charge in [0.25, 0.3) is 11.8 Å². The zero-order valence-corrected chi connectivity index (χ0v) is 19.8. The van der Waals surface area contributed by atoms with Gasteiger partial charge in [0.1, 0.15) is 4.88 Å². The van der Waals surface area contributed by atoms with Crippen molar-refractivity contribution >= 4 is 67.9 Å². The maximum atomic E-state index is 12.7. The number of anilines is 1. The third-order valence-electron chi connectivity index (χ3n) is 4.63. The first-order valence-electron chi connectivity index (χ1n) is 10.1. The Kier molecular flexibility index (Phi) is 8.01. The summed E-state index contributed by atoms with van der Waals surface area (Å²) in [6.45, 7) is 5.60. The highest BCUT2D eigenvalue weighted by Gasteiger charge is 2.18. The van der Waals surface area contributed by atoms with E-state index in [4.69, 9.17) is 23.8 Å². The third kappa shape index (κ3) is 5.61. The highest BCUT2D eigenvalue weighted by molar-refractivity contribution is 7.80. The summed E-state index contributed by atoms with van der Waals surface area (Å²) in [5.74, 6) is -0.337. The number of benzene rings is 2. The molecule has 0 spiro atoms. The molecule has 3 aromatic rings. The highest BCUT2D eigenvalue weighted by Crippen LogP contribution is 2.34. The summed E-state index contributed by atoms with van der Waals surface area (Å²) in [5.41, 5.74) is 1.31. The Morgan fingerprint density at radius 2 is 1.68 bits per heavy atom. The minimum absolute atomic E-state index is 0.0190. The van der Waals surface area contributed by atoms with Crippen LogP contribution in [0.4, 0.5) is 5.69 Å². The molecular formula is C23H24ClN3O2S2. The summed E-state index contributed by atoms with van der Waals surface area (Å²) in [6.07, 6.45) is 1.84. The van der Waals surface area contributed by atoms with Gasteiger partial charge in [0.05, 0.1) is 5.02 Å². The van der Waals surface area contributed by atoms with Crippen LogP contribution >= 0.6 is 35.2 Å². The minimum atomic E-state index is -0.356. The Labute approximate surface area is 196 Å². The number of nitrogens with zero attached hydrogens (tertiary/aromatic N) is 1. The lowest BCUT2D eigenvalue weighted by molar-refractivity contribution is 0.0755. The van der Waals surface area contributed by atoms with Crippen molar-refractivity contribution < 1.29 is 9.59 Å². The second kappa shape index (κ2) is 10.7. The molecule has 0 aliphatic heterocycles. The topological polar surface area (TPSA) is 61.4 Å². The van der Waals surface area contributed by atoms with E-state index in [1.165, 1.54) is 11.3 Å². The number of hydrogen-bond donors (Lipinski definition) is 2. The molecule has 0 bridgehead atoms. The van der Waals surface area contributed by atoms with Crippen LogP contribution in [0.25, 0.3) is 10.1 Å². The van der Waals surface area contributed by atoms with Crippen molar-refractivity contribution in [1.29, 1.82) is 0 Å². The van der Waals surface area contributed by atoms with E-state index < -0.39 is 0 Å². The van der Waals surface area contributed by atoms with Gasteiger partial charge in [-0.1, -0.05) is 43.6 Å². The van der Waals surface area contributed by atoms with Gasteiger partial charge in [0, 0.05) is 34.4 Å². The van der Waals surface area contributed by atoms with E-state index in [1.54, 1.807) is 24.3 Å². The van der Waals surface area contributed by atoms with E-state index in [2.05, 4.69) is 24.5 Å². The van der Waals surface area contributed by atoms with E-state index in [0.29, 0.717) is 21.2 Å². The second-order valence-electron chi connectivity index (χ2n) is 7.02. The molecule has 3 rings (SSSR count). The van der Waals surface area contributed by atoms with Gasteiger partial charge >= 0.3 is 0 Å². The van der Waals surface area contributed by atoms with Crippen molar-refractivity contribution in [3.05, 3.63) is 64.0 Å². The molecule has 1 heterocycles. The van der Waals surface area contributed by atoms with Crippen LogP contribution in [0.1, 0.15) is 46.7 Å². The Hall–Kier alpha value is -2.48. The number of rotatable bonds is 7. The standard InChI is InChI=1S/C23H24ClN3O2S2/c1-3-13-27(14-4-2)22(29)15-9-11-16(12-10-15)25-23(30)26-21(28)20-19(24)17-7-5-6-8-18(17)31-20/h5-12H,3-4,13-14H2,1-2H3,(H2,25,26,28,30). The number of halogens is 1. The van der Waals surface area contributed by atoms with Crippen LogP contribution in [0.15, 0.2) is 48.5 Å². The van der Waals surface area contributed by atoms with E-state index in [0.717, 1.165) is 36.0 Å². The van der Waals surface area contributed by atoms with Crippen molar-refractivity contribution in [2.45, 2.75) is 26.7 Å². The van der Waals surface area contributed by atoms with Gasteiger partial charge in [-0.2, -0.15) is 0 Å². The number of carbonyl (C=O) groups excluding carboxylic acids is 2. The summed E-state index contributed by atoms with van der Waals surface area (Å²) in [6, 6.07) is 14.7. The van der Waals surface area contributed by atoms with Crippen molar-refractivity contribution in [2.24, 2.45) is 0 Å². The van der Waals surface area contributed by atoms with E-state index in [-0.39, 0.29) is 16.9 Å². The normalized spacial score (nSPS) is 10.7. The smallest absolute Gasteiger partial charge is 0.269 e. The van der Waals surface area contributed by atoms with Gasteiger partial charge in [-0.25, -0.2) is 0 Å². The molecule has 1 aromatic heterocycles. The summed E-state index contributed by atoms with van der Waals surface area (Å²) in [5, 5.41) is 7.08. The van der Waals surface area contributed by atoms with Gasteiger partial charge in [-0.15, -0.1) is 11.3 Å². The fraction of sp³-hybridized carbons (Fsp3) is 0.261. The maximum absolute atomic E-state index is 12.7. The molecule has 0 fully saturated rings. The molecule has 8 heteroatoms. The lowest BCUT2D eigenvalue weighted by atomic mass is 10.1. The van der Waals surface area contributed by atoms with Crippen LogP contribution in [0, 0.1) is 0 Å². The van der Waals surface area contributed by atoms with Crippen molar-refractivity contribution in [1.82, 2.24) is 10.2 Å². The van der Waals surface area contributed by atoms with Crippen molar-refractivity contribution in [3.8, 4) is 0 Å². The first-order chi connectivity index (χ1) is 14.9. The van der Waals surface area contributed by atoms with E-state index in [9.17, 15) is 9.59 Å². The van der Waals surface area contributed by atoms with Gasteiger partial charge in [0.15, 0.2) is 5.11 Å². The monoisotopic (exact) mass is 473 g/mol. The molecular weight excluding hydrogens is 450 g/mol. The highest BCUT2D eigenvalue weighted by atomic mass is 35.5. The number of hydrogen-bond acceptors (Lipinski definition) is 4. The summed E-state index contributed by atoms with van der Waals surface area (Å²) >= 11 is 13.0. The lowest BCUT2D eigenvalue weighted by Crippen LogP contribution is -2.34. The van der Waals surface area contributed by atoms with Crippen LogP contribution in [0.3, 0.4) is 0 Å². The quantitative estimate of drug-likeness (QED) is 0.416. The number of nitrogens with one attached hydrogen (secondary N) is 2. The molecule has 2 aromatic carbocycles. The van der Waals surface area contributed by atoms with E-state index in [1.807, 2.05) is 29.2 Å². The zero-order valence-electron chi connectivity index (χ0n) is 17.4. The molecule has 5 nitrogen and oxygen atoms in total. The Balaban J connectivity index is 1.63. The largest absolute Gasteiger partial charge is 0.339 e. The average Bonchev–Trinajstić information content (AvgIpc) is 3.10. The van der Waals surface area contributed by atoms with Gasteiger partial charge in [-0.05, 0) is 55.4 Å². The van der Waals surface area contributed by atoms with E-state index >= 15 is 0 Å². The van der Waals surface area contributed by atoms with Crippen LogP contribution in [-0.2, 0) is 0 Å². The second-order valence-corrected chi connectivity index (χ2v) is 8.86. The Bertz CT molecular complexity index is 1090. The van der Waals surface area contributed by atoms with Crippen LogP contribution < -0.4 is 10.6 Å². The summed E-state index contributed by atoms with van der Waals surface area (Å²) in [7, 11) is 0. The lowest BCUT2D eigenvalue weighted by Gasteiger charge is -2.21. The van der Waals surface area contributed by atoms with Crippen molar-refractivity contribution in [3.63, 3.8) is 0 Å². The first kappa shape index (κ1) is 23.2. The van der Waals surface area contributed by atoms with Gasteiger partial charge in [-0.3, -0.25) is 14.9 Å². The predicted molar refractivity (Wildman–Crippen MR) is 133 cm³/mol. The predicted octanol–water partition coefficient (Wildman–Crippen LogP) is 5.94. The molecule has 0 saturated heterocycles. The number of fused-ring (bicyclic) bond motifs is 1. The first-order valence-corrected chi connectivity index (χ1v) is 11.7. The molecule has 0 aliphatic carbocycles. The molecule has 0 radical (unpaired) electrons. The maximum Gasteiger partial charge on any atom is 0.269 e. The summed E-state index contributed by atoms with van der Waals surface area (Å²) < 4.78 is 0.942. The van der Waals surface area contributed by atoms with Crippen molar-refractivity contribution in [2.75, 3.05) is 18.4 Å². The SMILES string of the molecule is CCCN(CCC)C(=O)c1ccc(NC(=S)NC(=O)c2sc3ccccc3c2Cl)cc1. The molecule has 2 amide bonds. The molecule has 162 valence electrons. The number of thiocarbonyl (C=S) groups is 1. The number of carbonyl (C=O) groups is 2. The molecule has 0 saturated carbocycles. The average molecular weight is 474 g/mol. The number of amides is 2. The molecule has 2 N–H and O–H groups in total. The van der Waals surface area contributed by atoms with Gasteiger partial charge < -0.3 is 10.2 Å². The van der Waals surface area contributed by atoms with Crippen LogP contribution in [-0.4, -0.2) is 34.9 Å². The molecule has 0 aliphatic rings. The molecule has 0 atom stereocenters.